The maximum absolute atomic E-state index is 12.8. The highest BCUT2D eigenvalue weighted by Gasteiger charge is 2.55. The van der Waals surface area contributed by atoms with Crippen LogP contribution in [-0.4, -0.2) is 34.2 Å². The minimum absolute atomic E-state index is 0.0724. The van der Waals surface area contributed by atoms with E-state index < -0.39 is 5.60 Å². The zero-order valence-electron chi connectivity index (χ0n) is 15.9. The van der Waals surface area contributed by atoms with Gasteiger partial charge in [-0.05, 0) is 61.8 Å². The van der Waals surface area contributed by atoms with Gasteiger partial charge in [-0.3, -0.25) is 4.79 Å². The molecule has 4 aliphatic rings. The molecule has 2 atom stereocenters. The van der Waals surface area contributed by atoms with E-state index in [1.807, 2.05) is 23.6 Å². The van der Waals surface area contributed by atoms with Crippen molar-refractivity contribution < 1.29 is 9.90 Å². The molecule has 148 valence electrons. The highest BCUT2D eigenvalue weighted by atomic mass is 32.1. The summed E-state index contributed by atoms with van der Waals surface area (Å²) in [6, 6.07) is 10.5. The third-order valence-corrected chi connectivity index (χ3v) is 7.61. The lowest BCUT2D eigenvalue weighted by atomic mass is 9.52. The summed E-state index contributed by atoms with van der Waals surface area (Å²) in [5.74, 6) is 1.41. The predicted octanol–water partition coefficient (Wildman–Crippen LogP) is 3.47. The maximum atomic E-state index is 12.8. The van der Waals surface area contributed by atoms with Crippen LogP contribution in [0.4, 0.5) is 5.13 Å². The zero-order valence-corrected chi connectivity index (χ0v) is 16.8. The Morgan fingerprint density at radius 3 is 2.64 bits per heavy atom. The predicted molar refractivity (Wildman–Crippen MR) is 111 cm³/mol. The van der Waals surface area contributed by atoms with Crippen LogP contribution >= 0.6 is 11.3 Å². The van der Waals surface area contributed by atoms with E-state index >= 15 is 0 Å². The Kier molecular flexibility index (Phi) is 4.63. The fourth-order valence-electron chi connectivity index (χ4n) is 5.86. The van der Waals surface area contributed by atoms with Gasteiger partial charge in [-0.15, -0.1) is 11.3 Å². The molecule has 6 rings (SSSR count). The Balaban J connectivity index is 1.17. The summed E-state index contributed by atoms with van der Waals surface area (Å²) >= 11 is 1.48. The molecule has 0 spiro atoms. The summed E-state index contributed by atoms with van der Waals surface area (Å²) in [4.78, 5) is 17.3. The second-order valence-electron chi connectivity index (χ2n) is 8.89. The van der Waals surface area contributed by atoms with Gasteiger partial charge < -0.3 is 15.7 Å². The molecule has 4 bridgehead atoms. The lowest BCUT2D eigenvalue weighted by molar-refractivity contribution is -0.136. The van der Waals surface area contributed by atoms with Crippen LogP contribution in [0.5, 0.6) is 0 Å². The molecule has 4 fully saturated rings. The zero-order chi connectivity index (χ0) is 19.1. The Morgan fingerprint density at radius 2 is 1.93 bits per heavy atom. The second kappa shape index (κ2) is 7.16. The Morgan fingerprint density at radius 1 is 1.18 bits per heavy atom. The molecule has 1 aromatic carbocycles. The maximum Gasteiger partial charge on any atom is 0.271 e. The van der Waals surface area contributed by atoms with Gasteiger partial charge >= 0.3 is 0 Å². The molecule has 1 aromatic heterocycles. The van der Waals surface area contributed by atoms with Crippen molar-refractivity contribution in [3.05, 3.63) is 47.0 Å². The van der Waals surface area contributed by atoms with Gasteiger partial charge in [0.15, 0.2) is 5.13 Å². The molecule has 2 aromatic rings. The number of anilines is 1. The van der Waals surface area contributed by atoms with E-state index in [2.05, 4.69) is 27.8 Å². The van der Waals surface area contributed by atoms with E-state index in [0.717, 1.165) is 50.2 Å². The van der Waals surface area contributed by atoms with Gasteiger partial charge in [-0.25, -0.2) is 4.98 Å². The largest absolute Gasteiger partial charge is 0.390 e. The quantitative estimate of drug-likeness (QED) is 0.698. The summed E-state index contributed by atoms with van der Waals surface area (Å²) in [5, 5.41) is 19.9. The molecule has 1 heterocycles. The number of carbonyl (C=O) groups excluding carboxylic acids is 1. The molecular formula is C22H27N3O2S. The monoisotopic (exact) mass is 397 g/mol. The first kappa shape index (κ1) is 18.1. The van der Waals surface area contributed by atoms with Gasteiger partial charge in [0.2, 0.25) is 0 Å². The number of hydrogen-bond acceptors (Lipinski definition) is 5. The third-order valence-electron chi connectivity index (χ3n) is 6.81. The first-order valence-corrected chi connectivity index (χ1v) is 11.2. The molecule has 2 unspecified atom stereocenters. The highest BCUT2D eigenvalue weighted by Crippen LogP contribution is 2.55. The molecule has 0 radical (unpaired) electrons. The Labute approximate surface area is 169 Å². The lowest BCUT2D eigenvalue weighted by Gasteiger charge is -2.58. The van der Waals surface area contributed by atoms with Crippen LogP contribution in [0.1, 0.15) is 48.2 Å². The summed E-state index contributed by atoms with van der Waals surface area (Å²) in [7, 11) is 0. The molecule has 0 aliphatic heterocycles. The van der Waals surface area contributed by atoms with Crippen molar-refractivity contribution in [3.8, 4) is 0 Å². The number of amides is 1. The van der Waals surface area contributed by atoms with E-state index in [1.165, 1.54) is 16.9 Å². The lowest BCUT2D eigenvalue weighted by Crippen LogP contribution is -2.61. The van der Waals surface area contributed by atoms with Crippen molar-refractivity contribution in [2.75, 3.05) is 11.9 Å². The van der Waals surface area contributed by atoms with E-state index in [-0.39, 0.29) is 11.9 Å². The van der Waals surface area contributed by atoms with E-state index in [1.54, 1.807) is 0 Å². The smallest absolute Gasteiger partial charge is 0.271 e. The molecule has 0 saturated heterocycles. The average molecular weight is 398 g/mol. The van der Waals surface area contributed by atoms with Crippen molar-refractivity contribution in [1.82, 2.24) is 10.3 Å². The first-order valence-electron chi connectivity index (χ1n) is 10.3. The van der Waals surface area contributed by atoms with Crippen LogP contribution in [0.25, 0.3) is 0 Å². The van der Waals surface area contributed by atoms with Crippen molar-refractivity contribution in [2.45, 2.75) is 50.2 Å². The summed E-state index contributed by atoms with van der Waals surface area (Å²) < 4.78 is 0. The van der Waals surface area contributed by atoms with Crippen LogP contribution < -0.4 is 10.6 Å². The van der Waals surface area contributed by atoms with Gasteiger partial charge in [0.1, 0.15) is 5.69 Å². The number of benzene rings is 1. The fourth-order valence-corrected chi connectivity index (χ4v) is 6.58. The molecule has 4 saturated carbocycles. The number of hydrogen-bond donors (Lipinski definition) is 3. The number of carbonyl (C=O) groups is 1. The van der Waals surface area contributed by atoms with E-state index in [4.69, 9.17) is 0 Å². The van der Waals surface area contributed by atoms with Crippen LogP contribution in [0, 0.1) is 17.8 Å². The average Bonchev–Trinajstić information content (AvgIpc) is 3.13. The summed E-state index contributed by atoms with van der Waals surface area (Å²) in [6.07, 6.45) is 5.87. The van der Waals surface area contributed by atoms with Crippen molar-refractivity contribution in [2.24, 2.45) is 17.8 Å². The van der Waals surface area contributed by atoms with Crippen molar-refractivity contribution >= 4 is 22.4 Å². The number of nitrogens with one attached hydrogen (secondary N) is 2. The van der Waals surface area contributed by atoms with E-state index in [0.29, 0.717) is 23.4 Å². The highest BCUT2D eigenvalue weighted by molar-refractivity contribution is 7.13. The molecule has 6 heteroatoms. The molecule has 3 N–H and O–H groups in total. The first-order chi connectivity index (χ1) is 13.6. The molecule has 1 amide bonds. The van der Waals surface area contributed by atoms with Crippen LogP contribution in [0.15, 0.2) is 35.7 Å². The Bertz CT molecular complexity index is 836. The SMILES string of the molecule is O=C(NC1C2CC3CC1CC(O)(C3)C2)c1csc(NCCc2ccccc2)n1. The second-order valence-corrected chi connectivity index (χ2v) is 9.75. The molecule has 5 nitrogen and oxygen atoms in total. The summed E-state index contributed by atoms with van der Waals surface area (Å²) in [5.41, 5.74) is 1.32. The van der Waals surface area contributed by atoms with Crippen LogP contribution in [-0.2, 0) is 6.42 Å². The van der Waals surface area contributed by atoms with Gasteiger partial charge in [0.25, 0.3) is 5.91 Å². The minimum atomic E-state index is -0.464. The third kappa shape index (κ3) is 3.55. The Hall–Kier alpha value is -1.92. The van der Waals surface area contributed by atoms with Gasteiger partial charge in [-0.2, -0.15) is 0 Å². The van der Waals surface area contributed by atoms with Crippen molar-refractivity contribution in [3.63, 3.8) is 0 Å². The van der Waals surface area contributed by atoms with Crippen LogP contribution in [0.3, 0.4) is 0 Å². The molecule has 28 heavy (non-hydrogen) atoms. The molecular weight excluding hydrogens is 370 g/mol. The number of thiazole rings is 1. The van der Waals surface area contributed by atoms with Gasteiger partial charge in [0.05, 0.1) is 5.60 Å². The number of aliphatic hydroxyl groups is 1. The number of nitrogens with zero attached hydrogens (tertiary/aromatic N) is 1. The topological polar surface area (TPSA) is 74.2 Å². The standard InChI is InChI=1S/C22H27N3O2S/c26-20(25-19-16-8-15-9-17(19)12-22(27,10-15)11-16)18-13-28-21(24-18)23-7-6-14-4-2-1-3-5-14/h1-5,13,15-17,19,27H,6-12H2,(H,23,24)(H,25,26). The van der Waals surface area contributed by atoms with E-state index in [9.17, 15) is 9.90 Å². The number of rotatable bonds is 6. The fraction of sp³-hybridized carbons (Fsp3) is 0.545. The van der Waals surface area contributed by atoms with Crippen molar-refractivity contribution in [1.29, 1.82) is 0 Å². The molecule has 4 aliphatic carbocycles. The summed E-state index contributed by atoms with van der Waals surface area (Å²) in [6.45, 7) is 0.797. The van der Waals surface area contributed by atoms with Gasteiger partial charge in [0, 0.05) is 18.0 Å². The van der Waals surface area contributed by atoms with Crippen LogP contribution in [0.2, 0.25) is 0 Å². The van der Waals surface area contributed by atoms with Gasteiger partial charge in [-0.1, -0.05) is 30.3 Å². The normalized spacial score (nSPS) is 33.0. The number of aromatic nitrogens is 1. The minimum Gasteiger partial charge on any atom is -0.390 e.